The van der Waals surface area contributed by atoms with E-state index in [9.17, 15) is 14.4 Å². The van der Waals surface area contributed by atoms with E-state index in [0.717, 1.165) is 49.4 Å². The summed E-state index contributed by atoms with van der Waals surface area (Å²) in [7, 11) is 1.63. The molecule has 2 N–H and O–H groups in total. The summed E-state index contributed by atoms with van der Waals surface area (Å²) in [5, 5.41) is 6.05. The molecule has 2 aromatic rings. The molecule has 0 unspecified atom stereocenters. The fraction of sp³-hybridized carbons (Fsp3) is 0.531. The maximum atomic E-state index is 13.5. The van der Waals surface area contributed by atoms with Crippen LogP contribution in [0.15, 0.2) is 48.5 Å². The van der Waals surface area contributed by atoms with Crippen molar-refractivity contribution in [1.82, 2.24) is 20.4 Å². The first kappa shape index (κ1) is 32.4. The smallest absolute Gasteiger partial charge is 0.251 e. The third-order valence-electron chi connectivity index (χ3n) is 8.17. The van der Waals surface area contributed by atoms with Crippen LogP contribution in [0, 0.1) is 5.92 Å². The number of ether oxygens (including phenoxy) is 1. The number of nitrogens with one attached hydrogen (secondary N) is 2. The summed E-state index contributed by atoms with van der Waals surface area (Å²) in [4.78, 5) is 43.8. The minimum absolute atomic E-state index is 0. The number of halogens is 1. The normalized spacial score (nSPS) is 18.7. The molecule has 224 valence electrons. The second-order valence-electron chi connectivity index (χ2n) is 11.5. The van der Waals surface area contributed by atoms with E-state index in [1.807, 2.05) is 53.4 Å². The fourth-order valence-electron chi connectivity index (χ4n) is 5.77. The molecule has 1 atom stereocenters. The topological polar surface area (TPSA) is 91.0 Å². The second-order valence-corrected chi connectivity index (χ2v) is 11.5. The minimum atomic E-state index is -0.748. The molecule has 9 heteroatoms. The Bertz CT molecular complexity index is 1160. The Balaban J connectivity index is 0.00000462. The van der Waals surface area contributed by atoms with Crippen LogP contribution in [0.4, 0.5) is 0 Å². The zero-order chi connectivity index (χ0) is 28.7. The Morgan fingerprint density at radius 2 is 1.68 bits per heavy atom. The van der Waals surface area contributed by atoms with E-state index in [1.54, 1.807) is 7.11 Å². The van der Waals surface area contributed by atoms with Crippen LogP contribution in [0.1, 0.15) is 74.4 Å². The van der Waals surface area contributed by atoms with Gasteiger partial charge in [0.15, 0.2) is 0 Å². The molecule has 41 heavy (non-hydrogen) atoms. The predicted molar refractivity (Wildman–Crippen MR) is 163 cm³/mol. The van der Waals surface area contributed by atoms with Crippen LogP contribution in [-0.2, 0) is 22.7 Å². The van der Waals surface area contributed by atoms with Gasteiger partial charge in [0.25, 0.3) is 5.91 Å². The van der Waals surface area contributed by atoms with Gasteiger partial charge in [-0.05, 0) is 67.0 Å². The van der Waals surface area contributed by atoms with Crippen LogP contribution >= 0.6 is 12.4 Å². The number of methoxy groups -OCH3 is 1. The van der Waals surface area contributed by atoms with Crippen LogP contribution in [0.3, 0.4) is 0 Å². The highest BCUT2D eigenvalue weighted by molar-refractivity contribution is 6.00. The Labute approximate surface area is 250 Å². The third-order valence-corrected chi connectivity index (χ3v) is 8.17. The summed E-state index contributed by atoms with van der Waals surface area (Å²) in [6.07, 6.45) is 3.82. The number of rotatable bonds is 11. The van der Waals surface area contributed by atoms with Gasteiger partial charge in [-0.3, -0.25) is 19.3 Å². The highest BCUT2D eigenvalue weighted by Crippen LogP contribution is 2.34. The zero-order valence-electron chi connectivity index (χ0n) is 24.8. The number of likely N-dealkylation sites (tertiary alicyclic amines) is 1. The number of hydrogen-bond acceptors (Lipinski definition) is 5. The number of nitrogens with zero attached hydrogens (tertiary/aromatic N) is 2. The predicted octanol–water partition coefficient (Wildman–Crippen LogP) is 4.55. The highest BCUT2D eigenvalue weighted by Gasteiger charge is 2.53. The average molecular weight is 585 g/mol. The molecule has 0 radical (unpaired) electrons. The van der Waals surface area contributed by atoms with E-state index in [2.05, 4.69) is 36.3 Å². The van der Waals surface area contributed by atoms with Crippen LogP contribution in [0.5, 0.6) is 5.75 Å². The van der Waals surface area contributed by atoms with E-state index in [-0.39, 0.29) is 30.1 Å². The summed E-state index contributed by atoms with van der Waals surface area (Å²) < 4.78 is 5.18. The molecule has 2 fully saturated rings. The van der Waals surface area contributed by atoms with Gasteiger partial charge in [-0.2, -0.15) is 0 Å². The number of piperazine rings is 1. The summed E-state index contributed by atoms with van der Waals surface area (Å²) in [5.74, 6) is 1.10. The van der Waals surface area contributed by atoms with Crippen molar-refractivity contribution in [3.63, 3.8) is 0 Å². The lowest BCUT2D eigenvalue weighted by Crippen LogP contribution is -2.73. The van der Waals surface area contributed by atoms with E-state index in [1.165, 1.54) is 0 Å². The van der Waals surface area contributed by atoms with E-state index < -0.39 is 11.6 Å². The Morgan fingerprint density at radius 3 is 2.27 bits per heavy atom. The van der Waals surface area contributed by atoms with Crippen molar-refractivity contribution < 1.29 is 19.1 Å². The van der Waals surface area contributed by atoms with Crippen LogP contribution in [0.25, 0.3) is 0 Å². The number of piperidine rings is 1. The van der Waals surface area contributed by atoms with Gasteiger partial charge < -0.3 is 20.3 Å². The lowest BCUT2D eigenvalue weighted by atomic mass is 9.80. The first-order valence-electron chi connectivity index (χ1n) is 14.6. The van der Waals surface area contributed by atoms with Gasteiger partial charge in [0, 0.05) is 38.3 Å². The molecular formula is C32H45ClN4O4. The van der Waals surface area contributed by atoms with Gasteiger partial charge in [-0.1, -0.05) is 51.5 Å². The van der Waals surface area contributed by atoms with Gasteiger partial charge in [0.2, 0.25) is 11.8 Å². The number of unbranched alkanes of at least 4 members (excludes halogenated alkanes) is 1. The van der Waals surface area contributed by atoms with Gasteiger partial charge >= 0.3 is 0 Å². The van der Waals surface area contributed by atoms with Crippen molar-refractivity contribution in [2.24, 2.45) is 5.92 Å². The number of carbonyl (C=O) groups is 3. The van der Waals surface area contributed by atoms with Crippen LogP contribution < -0.4 is 15.4 Å². The summed E-state index contributed by atoms with van der Waals surface area (Å²) in [6.45, 7) is 9.59. The summed E-state index contributed by atoms with van der Waals surface area (Å²) >= 11 is 0. The van der Waals surface area contributed by atoms with Gasteiger partial charge in [0.05, 0.1) is 7.11 Å². The van der Waals surface area contributed by atoms with Crippen molar-refractivity contribution in [2.45, 2.75) is 77.5 Å². The molecule has 2 aromatic carbocycles. The molecule has 2 aliphatic heterocycles. The molecule has 0 aliphatic carbocycles. The Morgan fingerprint density at radius 1 is 1.05 bits per heavy atom. The lowest BCUT2D eigenvalue weighted by Gasteiger charge is -2.52. The van der Waals surface area contributed by atoms with E-state index in [4.69, 9.17) is 4.74 Å². The average Bonchev–Trinajstić information content (AvgIpc) is 2.96. The van der Waals surface area contributed by atoms with Crippen molar-refractivity contribution >= 4 is 30.1 Å². The molecule has 8 nitrogen and oxygen atoms in total. The minimum Gasteiger partial charge on any atom is -0.497 e. The number of hydrogen-bond donors (Lipinski definition) is 2. The maximum Gasteiger partial charge on any atom is 0.251 e. The molecule has 0 saturated carbocycles. The molecule has 1 spiro atoms. The number of amides is 3. The first-order chi connectivity index (χ1) is 19.3. The lowest BCUT2D eigenvalue weighted by molar-refractivity contribution is -0.161. The van der Waals surface area contributed by atoms with E-state index in [0.29, 0.717) is 43.8 Å². The molecule has 2 saturated heterocycles. The van der Waals surface area contributed by atoms with Crippen LogP contribution in [0.2, 0.25) is 0 Å². The fourth-order valence-corrected chi connectivity index (χ4v) is 5.77. The molecular weight excluding hydrogens is 540 g/mol. The zero-order valence-corrected chi connectivity index (χ0v) is 25.6. The molecule has 3 amide bonds. The third kappa shape index (κ3) is 7.80. The van der Waals surface area contributed by atoms with E-state index >= 15 is 0 Å². The van der Waals surface area contributed by atoms with Crippen LogP contribution in [-0.4, -0.2) is 65.8 Å². The van der Waals surface area contributed by atoms with Gasteiger partial charge in [-0.15, -0.1) is 12.4 Å². The SMILES string of the molecule is CCCCN1C(=O)[C@H](CC(C)C)NC(=O)C12CCN(Cc1ccc(C(=O)NCc3ccc(OC)cc3)cc1)CC2.Cl. The molecule has 2 heterocycles. The largest absolute Gasteiger partial charge is 0.497 e. The monoisotopic (exact) mass is 584 g/mol. The maximum absolute atomic E-state index is 13.5. The Kier molecular flexibility index (Phi) is 11.6. The quantitative estimate of drug-likeness (QED) is 0.404. The number of benzene rings is 2. The second kappa shape index (κ2) is 14.7. The van der Waals surface area contributed by atoms with Crippen molar-refractivity contribution in [1.29, 1.82) is 0 Å². The summed E-state index contributed by atoms with van der Waals surface area (Å²) in [6, 6.07) is 14.9. The molecule has 2 aliphatic rings. The standard InChI is InChI=1S/C32H44N4O4.ClH/c1-5-6-17-36-30(38)28(20-23(2)3)34-31(39)32(36)15-18-35(19-16-32)22-25-7-11-26(12-8-25)29(37)33-21-24-9-13-27(40-4)14-10-24;/h7-14,23,28H,5-6,15-22H2,1-4H3,(H,33,37)(H,34,39);1H/t28-;/m0./s1. The number of carbonyl (C=O) groups excluding carboxylic acids is 3. The van der Waals surface area contributed by atoms with Gasteiger partial charge in [-0.25, -0.2) is 0 Å². The molecule has 4 rings (SSSR count). The van der Waals surface area contributed by atoms with Gasteiger partial charge in [0.1, 0.15) is 17.3 Å². The van der Waals surface area contributed by atoms with Crippen molar-refractivity contribution in [3.05, 3.63) is 65.2 Å². The molecule has 0 aromatic heterocycles. The summed E-state index contributed by atoms with van der Waals surface area (Å²) in [5.41, 5.74) is 1.99. The molecule has 0 bridgehead atoms. The van der Waals surface area contributed by atoms with Crippen molar-refractivity contribution in [2.75, 3.05) is 26.7 Å². The Hall–Kier alpha value is -3.10. The van der Waals surface area contributed by atoms with Crippen molar-refractivity contribution in [3.8, 4) is 5.75 Å². The first-order valence-corrected chi connectivity index (χ1v) is 14.6. The highest BCUT2D eigenvalue weighted by atomic mass is 35.5.